The zero-order valence-electron chi connectivity index (χ0n) is 34.2. The Morgan fingerprint density at radius 1 is 1.09 bits per heavy atom. The number of halogens is 1. The first-order valence-corrected chi connectivity index (χ1v) is 22.9. The number of allylic oxidation sites excluding steroid dienone is 2. The van der Waals surface area contributed by atoms with Gasteiger partial charge in [-0.05, 0) is 101 Å². The van der Waals surface area contributed by atoms with E-state index in [1.54, 1.807) is 11.3 Å². The Morgan fingerprint density at radius 2 is 1.81 bits per heavy atom. The lowest BCUT2D eigenvalue weighted by molar-refractivity contribution is 0.532. The minimum absolute atomic E-state index is 0.122. The fraction of sp³-hybridized carbons (Fsp3) is 0.522. The van der Waals surface area contributed by atoms with E-state index in [2.05, 4.69) is 92.0 Å². The topological polar surface area (TPSA) is 61.9 Å². The molecule has 0 radical (unpaired) electrons. The summed E-state index contributed by atoms with van der Waals surface area (Å²) in [7, 11) is -1.23. The molecule has 3 N–H and O–H groups in total. The van der Waals surface area contributed by atoms with Gasteiger partial charge in [-0.3, -0.25) is 0 Å². The second-order valence-corrected chi connectivity index (χ2v) is 19.0. The molecule has 0 amide bonds. The molecule has 0 bridgehead atoms. The van der Waals surface area contributed by atoms with Crippen LogP contribution in [0.25, 0.3) is 21.6 Å². The molecule has 8 heteroatoms. The molecule has 2 heterocycles. The molecule has 2 saturated carbocycles. The van der Waals surface area contributed by atoms with Crippen molar-refractivity contribution in [2.75, 3.05) is 0 Å². The van der Waals surface area contributed by atoms with Gasteiger partial charge >= 0.3 is 0 Å². The molecule has 2 aliphatic carbocycles. The Balaban J connectivity index is 0.000000337. The molecule has 1 unspecified atom stereocenters. The number of aryl methyl sites for hydroxylation is 2. The van der Waals surface area contributed by atoms with Crippen LogP contribution in [-0.4, -0.2) is 38.5 Å². The molecule has 5 nitrogen and oxygen atoms in total. The zero-order valence-corrected chi connectivity index (χ0v) is 35.9. The van der Waals surface area contributed by atoms with Crippen LogP contribution in [0.2, 0.25) is 0 Å². The summed E-state index contributed by atoms with van der Waals surface area (Å²) < 4.78 is 18.7. The molecule has 1 aromatic carbocycles. The Bertz CT molecular complexity index is 1840. The van der Waals surface area contributed by atoms with E-state index in [9.17, 15) is 0 Å². The summed E-state index contributed by atoms with van der Waals surface area (Å²) in [4.78, 5) is 9.55. The van der Waals surface area contributed by atoms with Crippen molar-refractivity contribution in [3.63, 3.8) is 0 Å². The molecule has 5 rings (SSSR count). The molecule has 0 aliphatic heterocycles. The number of pyridine rings is 1. The van der Waals surface area contributed by atoms with E-state index in [1.165, 1.54) is 57.8 Å². The number of benzene rings is 1. The Morgan fingerprint density at radius 3 is 2.35 bits per heavy atom. The second-order valence-electron chi connectivity index (χ2n) is 15.3. The summed E-state index contributed by atoms with van der Waals surface area (Å²) in [6, 6.07) is 9.17. The van der Waals surface area contributed by atoms with Crippen LogP contribution in [0.4, 0.5) is 4.39 Å². The summed E-state index contributed by atoms with van der Waals surface area (Å²) in [6.45, 7) is 24.6. The lowest BCUT2D eigenvalue weighted by Crippen LogP contribution is -2.35. The molecule has 0 spiro atoms. The number of nitrogens with one attached hydrogen (secondary N) is 3. The summed E-state index contributed by atoms with van der Waals surface area (Å²) in [5, 5.41) is 10.8. The molecule has 54 heavy (non-hydrogen) atoms. The first-order valence-electron chi connectivity index (χ1n) is 20.0. The van der Waals surface area contributed by atoms with Crippen molar-refractivity contribution < 1.29 is 4.39 Å². The molecule has 296 valence electrons. The fourth-order valence-corrected chi connectivity index (χ4v) is 9.26. The van der Waals surface area contributed by atoms with Gasteiger partial charge < -0.3 is 15.4 Å². The Kier molecular flexibility index (Phi) is 17.9. The lowest BCUT2D eigenvalue weighted by Gasteiger charge is -2.23. The third kappa shape index (κ3) is 13.0. The molecule has 3 aromatic rings. The quantitative estimate of drug-likeness (QED) is 0.0351. The average Bonchev–Trinajstić information content (AvgIpc) is 4.07. The summed E-state index contributed by atoms with van der Waals surface area (Å²) in [5.41, 5.74) is 6.03. The number of thiazole rings is 1. The van der Waals surface area contributed by atoms with E-state index in [1.807, 2.05) is 32.1 Å². The highest BCUT2D eigenvalue weighted by molar-refractivity contribution is 8.27. The Labute approximate surface area is 332 Å². The third-order valence-corrected chi connectivity index (χ3v) is 14.1. The number of hydrogen-bond acceptors (Lipinski definition) is 6. The number of unbranched alkanes of at least 4 members (excludes halogenated alkanes) is 4. The van der Waals surface area contributed by atoms with Crippen LogP contribution in [0.5, 0.6) is 0 Å². The van der Waals surface area contributed by atoms with Crippen LogP contribution >= 0.6 is 20.7 Å². The predicted molar refractivity (Wildman–Crippen MR) is 241 cm³/mol. The highest BCUT2D eigenvalue weighted by Gasteiger charge is 2.44. The van der Waals surface area contributed by atoms with Crippen molar-refractivity contribution >= 4 is 43.4 Å². The third-order valence-electron chi connectivity index (χ3n) is 10.3. The van der Waals surface area contributed by atoms with Crippen LogP contribution in [0.1, 0.15) is 141 Å². The van der Waals surface area contributed by atoms with Crippen molar-refractivity contribution in [3.05, 3.63) is 83.4 Å². The first-order chi connectivity index (χ1) is 25.8. The maximum Gasteiger partial charge on any atom is 0.152 e. The van der Waals surface area contributed by atoms with Crippen LogP contribution in [0, 0.1) is 18.3 Å². The van der Waals surface area contributed by atoms with Gasteiger partial charge in [0, 0.05) is 39.0 Å². The van der Waals surface area contributed by atoms with Crippen molar-refractivity contribution in [1.29, 1.82) is 0 Å². The lowest BCUT2D eigenvalue weighted by atomic mass is 9.97. The van der Waals surface area contributed by atoms with Crippen LogP contribution in [0.15, 0.2) is 60.8 Å². The molecule has 2 aromatic heterocycles. The minimum atomic E-state index is -1.23. The van der Waals surface area contributed by atoms with Gasteiger partial charge in [0.1, 0.15) is 16.2 Å². The van der Waals surface area contributed by atoms with Crippen molar-refractivity contribution in [2.24, 2.45) is 0 Å². The van der Waals surface area contributed by atoms with Gasteiger partial charge in [-0.2, -0.15) is 0 Å². The van der Waals surface area contributed by atoms with Gasteiger partial charge in [0.15, 0.2) is 5.82 Å². The normalized spacial score (nSPS) is 14.8. The van der Waals surface area contributed by atoms with Gasteiger partial charge in [-0.15, -0.1) is 27.3 Å². The smallest absolute Gasteiger partial charge is 0.152 e. The van der Waals surface area contributed by atoms with Crippen LogP contribution in [-0.2, 0) is 12.8 Å². The number of fused-ring (bicyclic) bond motifs is 1. The number of aromatic nitrogens is 2. The van der Waals surface area contributed by atoms with E-state index >= 15 is 4.39 Å². The van der Waals surface area contributed by atoms with Crippen molar-refractivity contribution in [1.82, 2.24) is 25.3 Å². The van der Waals surface area contributed by atoms with Gasteiger partial charge in [0.25, 0.3) is 0 Å². The van der Waals surface area contributed by atoms with Gasteiger partial charge in [0.2, 0.25) is 0 Å². The SMILES string of the molecule is C#CNS(=C)(=C)C1(CC)CC1.C=C(C)NC(CCCc1cc(-c2nc(C(C)C)cs2)nc2c(F)c(CC)ccc12)C(=C)NC1CC1.C=CCCCCCC. The summed E-state index contributed by atoms with van der Waals surface area (Å²) in [5.74, 6) is 8.30. The molecule has 2 fully saturated rings. The maximum absolute atomic E-state index is 15.4. The number of rotatable bonds is 20. The summed E-state index contributed by atoms with van der Waals surface area (Å²) >= 11 is 1.58. The van der Waals surface area contributed by atoms with Gasteiger partial charge in [-0.25, -0.2) is 14.4 Å². The highest BCUT2D eigenvalue weighted by atomic mass is 32.2. The monoisotopic (exact) mass is 773 g/mol. The number of hydrogen-bond donors (Lipinski definition) is 3. The zero-order chi connectivity index (χ0) is 39.9. The fourth-order valence-electron chi connectivity index (χ4n) is 6.44. The van der Waals surface area contributed by atoms with E-state index in [0.29, 0.717) is 34.2 Å². The Hall–Kier alpha value is -3.54. The molecule has 1 atom stereocenters. The molecule has 2 aliphatic rings. The molecule has 0 saturated heterocycles. The standard InChI is InChI=1S/C29H37FN4S.C9H15NS.C8H16/c1-7-20-11-14-23-21(9-8-10-24(31-18(4)5)19(6)32-22-12-13-22)15-25(33-28(23)27(20)30)29-34-26(16-35-29)17(2)3;1-5-9(7-8-9)11(3,4)10-6-2;1-3-5-7-8-6-4-2/h11,14-17,22,24,31-32H,4,6-10,12-13H2,1-3,5H3;2,10H,3-5,7-8H2,1H3;3H,1,4-8H2,2H3. The maximum atomic E-state index is 15.4. The van der Waals surface area contributed by atoms with E-state index in [4.69, 9.17) is 16.4 Å². The van der Waals surface area contributed by atoms with Gasteiger partial charge in [0.05, 0.1) is 11.7 Å². The first kappa shape index (κ1) is 44.9. The van der Waals surface area contributed by atoms with Gasteiger partial charge in [-0.1, -0.05) is 103 Å². The summed E-state index contributed by atoms with van der Waals surface area (Å²) in [6.07, 6.45) is 23.1. The number of terminal acetylenes is 1. The minimum Gasteiger partial charge on any atom is -0.384 e. The largest absolute Gasteiger partial charge is 0.384 e. The van der Waals surface area contributed by atoms with Crippen LogP contribution in [0.3, 0.4) is 0 Å². The molecular weight excluding hydrogens is 706 g/mol. The number of nitrogens with zero attached hydrogens (tertiary/aromatic N) is 2. The van der Waals surface area contributed by atoms with Crippen molar-refractivity contribution in [3.8, 4) is 23.2 Å². The van der Waals surface area contributed by atoms with E-state index in [0.717, 1.165) is 64.4 Å². The average molecular weight is 774 g/mol. The van der Waals surface area contributed by atoms with Crippen LogP contribution < -0.4 is 15.4 Å². The highest BCUT2D eigenvalue weighted by Crippen LogP contribution is 2.56. The molecular formula is C46H68FN5S2. The second kappa shape index (κ2) is 21.5. The predicted octanol–water partition coefficient (Wildman–Crippen LogP) is 12.1. The van der Waals surface area contributed by atoms with E-state index in [-0.39, 0.29) is 11.9 Å². The van der Waals surface area contributed by atoms with E-state index < -0.39 is 9.39 Å². The van der Waals surface area contributed by atoms with Crippen molar-refractivity contribution in [2.45, 2.75) is 154 Å².